The standard InChI is InChI=1S/C12H24N2O2/c1-9(2)10(3)13-11(15)7-14-6-5-12(4,16)8-14/h9-10,16H,5-8H2,1-4H3,(H,13,15). The number of rotatable bonds is 4. The molecule has 1 heterocycles. The van der Waals surface area contributed by atoms with Crippen molar-refractivity contribution in [3.63, 3.8) is 0 Å². The maximum absolute atomic E-state index is 11.7. The fraction of sp³-hybridized carbons (Fsp3) is 0.917. The molecule has 0 spiro atoms. The van der Waals surface area contributed by atoms with Crippen molar-refractivity contribution in [2.24, 2.45) is 5.92 Å². The van der Waals surface area contributed by atoms with Gasteiger partial charge in [0.15, 0.2) is 0 Å². The van der Waals surface area contributed by atoms with Crippen molar-refractivity contribution in [3.05, 3.63) is 0 Å². The number of likely N-dealkylation sites (tertiary alicyclic amines) is 1. The first-order chi connectivity index (χ1) is 7.30. The van der Waals surface area contributed by atoms with Gasteiger partial charge in [-0.3, -0.25) is 9.69 Å². The number of carbonyl (C=O) groups excluding carboxylic acids is 1. The van der Waals surface area contributed by atoms with Crippen molar-refractivity contribution in [1.29, 1.82) is 0 Å². The van der Waals surface area contributed by atoms with E-state index in [0.29, 0.717) is 19.0 Å². The van der Waals surface area contributed by atoms with E-state index in [2.05, 4.69) is 19.2 Å². The van der Waals surface area contributed by atoms with Gasteiger partial charge in [0.05, 0.1) is 12.1 Å². The molecule has 2 unspecified atom stereocenters. The summed E-state index contributed by atoms with van der Waals surface area (Å²) in [6, 6.07) is 0.204. The lowest BCUT2D eigenvalue weighted by atomic mass is 10.1. The summed E-state index contributed by atoms with van der Waals surface area (Å²) in [4.78, 5) is 13.7. The van der Waals surface area contributed by atoms with Crippen molar-refractivity contribution in [1.82, 2.24) is 10.2 Å². The van der Waals surface area contributed by atoms with Crippen LogP contribution in [0.25, 0.3) is 0 Å². The monoisotopic (exact) mass is 228 g/mol. The second kappa shape index (κ2) is 5.15. The molecule has 4 nitrogen and oxygen atoms in total. The van der Waals surface area contributed by atoms with E-state index in [9.17, 15) is 9.90 Å². The lowest BCUT2D eigenvalue weighted by Crippen LogP contribution is -2.43. The fourth-order valence-electron chi connectivity index (χ4n) is 1.84. The Kier molecular flexibility index (Phi) is 4.33. The summed E-state index contributed by atoms with van der Waals surface area (Å²) in [6.07, 6.45) is 0.750. The zero-order valence-corrected chi connectivity index (χ0v) is 10.8. The molecular weight excluding hydrogens is 204 g/mol. The Labute approximate surface area is 98.0 Å². The minimum atomic E-state index is -0.621. The maximum Gasteiger partial charge on any atom is 0.234 e. The number of β-amino-alcohol motifs (C(OH)–C–C–N with tert-alkyl or cyclic N) is 1. The Bertz CT molecular complexity index is 251. The number of aliphatic hydroxyl groups is 1. The summed E-state index contributed by atoms with van der Waals surface area (Å²) in [5.74, 6) is 0.504. The van der Waals surface area contributed by atoms with Gasteiger partial charge >= 0.3 is 0 Å². The molecule has 1 aliphatic heterocycles. The Morgan fingerprint density at radius 1 is 1.50 bits per heavy atom. The third-order valence-electron chi connectivity index (χ3n) is 3.29. The van der Waals surface area contributed by atoms with E-state index in [4.69, 9.17) is 0 Å². The van der Waals surface area contributed by atoms with Crippen LogP contribution in [0.1, 0.15) is 34.1 Å². The molecule has 0 bridgehead atoms. The normalized spacial score (nSPS) is 28.4. The molecule has 2 N–H and O–H groups in total. The van der Waals surface area contributed by atoms with Crippen molar-refractivity contribution < 1.29 is 9.90 Å². The molecule has 4 heteroatoms. The second-order valence-corrected chi connectivity index (χ2v) is 5.56. The quantitative estimate of drug-likeness (QED) is 0.741. The van der Waals surface area contributed by atoms with E-state index >= 15 is 0 Å². The van der Waals surface area contributed by atoms with Gasteiger partial charge in [-0.2, -0.15) is 0 Å². The summed E-state index contributed by atoms with van der Waals surface area (Å²) in [5.41, 5.74) is -0.621. The van der Waals surface area contributed by atoms with Gasteiger partial charge in [-0.05, 0) is 26.2 Å². The smallest absolute Gasteiger partial charge is 0.234 e. The second-order valence-electron chi connectivity index (χ2n) is 5.56. The first-order valence-electron chi connectivity index (χ1n) is 6.04. The van der Waals surface area contributed by atoms with Crippen LogP contribution in [0.4, 0.5) is 0 Å². The van der Waals surface area contributed by atoms with Crippen LogP contribution in [-0.2, 0) is 4.79 Å². The third-order valence-corrected chi connectivity index (χ3v) is 3.29. The predicted molar refractivity (Wildman–Crippen MR) is 64.1 cm³/mol. The van der Waals surface area contributed by atoms with Crippen molar-refractivity contribution >= 4 is 5.91 Å². The van der Waals surface area contributed by atoms with Crippen LogP contribution in [-0.4, -0.2) is 47.2 Å². The molecule has 0 aliphatic carbocycles. The zero-order valence-electron chi connectivity index (χ0n) is 10.8. The van der Waals surface area contributed by atoms with Crippen LogP contribution in [0, 0.1) is 5.92 Å². The van der Waals surface area contributed by atoms with Gasteiger partial charge in [0.1, 0.15) is 0 Å². The SMILES string of the molecule is CC(C)C(C)NC(=O)CN1CCC(C)(O)C1. The molecule has 0 aromatic rings. The average Bonchev–Trinajstić information content (AvgIpc) is 2.44. The Morgan fingerprint density at radius 2 is 2.12 bits per heavy atom. The lowest BCUT2D eigenvalue weighted by Gasteiger charge is -2.21. The van der Waals surface area contributed by atoms with Gasteiger partial charge in [-0.15, -0.1) is 0 Å². The fourth-order valence-corrected chi connectivity index (χ4v) is 1.84. The van der Waals surface area contributed by atoms with Gasteiger partial charge in [0.25, 0.3) is 0 Å². The minimum absolute atomic E-state index is 0.0545. The Hall–Kier alpha value is -0.610. The van der Waals surface area contributed by atoms with Crippen LogP contribution in [0.2, 0.25) is 0 Å². The number of hydrogen-bond acceptors (Lipinski definition) is 3. The first kappa shape index (κ1) is 13.5. The topological polar surface area (TPSA) is 52.6 Å². The highest BCUT2D eigenvalue weighted by molar-refractivity contribution is 5.78. The van der Waals surface area contributed by atoms with Crippen molar-refractivity contribution in [2.45, 2.75) is 45.8 Å². The first-order valence-corrected chi connectivity index (χ1v) is 6.04. The number of hydrogen-bond donors (Lipinski definition) is 2. The minimum Gasteiger partial charge on any atom is -0.389 e. The van der Waals surface area contributed by atoms with Gasteiger partial charge in [-0.1, -0.05) is 13.8 Å². The molecule has 1 fully saturated rings. The Morgan fingerprint density at radius 3 is 2.56 bits per heavy atom. The van der Waals surface area contributed by atoms with Crippen LogP contribution >= 0.6 is 0 Å². The molecule has 1 aliphatic rings. The molecular formula is C12H24N2O2. The van der Waals surface area contributed by atoms with E-state index in [-0.39, 0.29) is 11.9 Å². The molecule has 0 aromatic carbocycles. The molecule has 0 saturated carbocycles. The van der Waals surface area contributed by atoms with Crippen LogP contribution in [0.3, 0.4) is 0 Å². The van der Waals surface area contributed by atoms with Gasteiger partial charge in [-0.25, -0.2) is 0 Å². The van der Waals surface area contributed by atoms with Crippen LogP contribution in [0.15, 0.2) is 0 Å². The highest BCUT2D eigenvalue weighted by Gasteiger charge is 2.32. The number of nitrogens with zero attached hydrogens (tertiary/aromatic N) is 1. The van der Waals surface area contributed by atoms with Gasteiger partial charge in [0, 0.05) is 19.1 Å². The van der Waals surface area contributed by atoms with E-state index in [1.807, 2.05) is 18.7 Å². The average molecular weight is 228 g/mol. The molecule has 16 heavy (non-hydrogen) atoms. The number of amides is 1. The zero-order chi connectivity index (χ0) is 12.3. The van der Waals surface area contributed by atoms with E-state index in [1.165, 1.54) is 0 Å². The van der Waals surface area contributed by atoms with Crippen molar-refractivity contribution in [2.75, 3.05) is 19.6 Å². The van der Waals surface area contributed by atoms with E-state index in [0.717, 1.165) is 13.0 Å². The highest BCUT2D eigenvalue weighted by atomic mass is 16.3. The molecule has 0 radical (unpaired) electrons. The van der Waals surface area contributed by atoms with Crippen molar-refractivity contribution in [3.8, 4) is 0 Å². The maximum atomic E-state index is 11.7. The number of nitrogens with one attached hydrogen (secondary N) is 1. The predicted octanol–water partition coefficient (Wildman–Crippen LogP) is 0.604. The van der Waals surface area contributed by atoms with E-state index < -0.39 is 5.60 Å². The highest BCUT2D eigenvalue weighted by Crippen LogP contribution is 2.19. The van der Waals surface area contributed by atoms with Crippen LogP contribution < -0.4 is 5.32 Å². The summed E-state index contributed by atoms with van der Waals surface area (Å²) in [7, 11) is 0. The molecule has 1 amide bonds. The summed E-state index contributed by atoms with van der Waals surface area (Å²) in [5, 5.41) is 12.7. The third kappa shape index (κ3) is 4.10. The summed E-state index contributed by atoms with van der Waals surface area (Å²) < 4.78 is 0. The van der Waals surface area contributed by atoms with Crippen LogP contribution in [0.5, 0.6) is 0 Å². The Balaban J connectivity index is 2.30. The molecule has 1 saturated heterocycles. The number of carbonyl (C=O) groups is 1. The van der Waals surface area contributed by atoms with Gasteiger partial charge < -0.3 is 10.4 Å². The molecule has 0 aromatic heterocycles. The summed E-state index contributed by atoms with van der Waals surface area (Å²) >= 11 is 0. The molecule has 2 atom stereocenters. The van der Waals surface area contributed by atoms with E-state index in [1.54, 1.807) is 0 Å². The lowest BCUT2D eigenvalue weighted by molar-refractivity contribution is -0.123. The van der Waals surface area contributed by atoms with Gasteiger partial charge in [0.2, 0.25) is 5.91 Å². The summed E-state index contributed by atoms with van der Waals surface area (Å²) in [6.45, 7) is 9.81. The molecule has 1 rings (SSSR count). The molecule has 94 valence electrons. The largest absolute Gasteiger partial charge is 0.389 e.